The fourth-order valence-corrected chi connectivity index (χ4v) is 3.63. The molecule has 6 nitrogen and oxygen atoms in total. The van der Waals surface area contributed by atoms with Gasteiger partial charge in [-0.05, 0) is 65.2 Å². The fraction of sp³-hybridized carbons (Fsp3) is 0.800. The average Bonchev–Trinajstić information content (AvgIpc) is 2.81. The van der Waals surface area contributed by atoms with Gasteiger partial charge in [0.05, 0.1) is 56.9 Å². The zero-order valence-electron chi connectivity index (χ0n) is 24.0. The van der Waals surface area contributed by atoms with Gasteiger partial charge in [-0.3, -0.25) is 0 Å². The summed E-state index contributed by atoms with van der Waals surface area (Å²) in [7, 11) is 0. The molecule has 0 aliphatic carbocycles. The van der Waals surface area contributed by atoms with Gasteiger partial charge < -0.3 is 28.8 Å². The number of benzene rings is 1. The predicted octanol–water partition coefficient (Wildman–Crippen LogP) is 6.36. The molecule has 6 heteroatoms. The molecule has 0 aliphatic heterocycles. The molecule has 0 aromatic heterocycles. The zero-order chi connectivity index (χ0) is 26.7. The molecule has 0 spiro atoms. The van der Waals surface area contributed by atoms with Crippen molar-refractivity contribution < 1.29 is 28.8 Å². The minimum Gasteiger partial charge on any atom is -0.491 e. The number of ether oxygens (including phenoxy) is 5. The largest absolute Gasteiger partial charge is 0.491 e. The Morgan fingerprint density at radius 2 is 1.25 bits per heavy atom. The van der Waals surface area contributed by atoms with Crippen molar-refractivity contribution in [3.8, 4) is 5.75 Å². The van der Waals surface area contributed by atoms with E-state index in [9.17, 15) is 5.11 Å². The van der Waals surface area contributed by atoms with Crippen LogP contribution < -0.4 is 4.74 Å². The first-order valence-electron chi connectivity index (χ1n) is 14.0. The highest BCUT2D eigenvalue weighted by molar-refractivity contribution is 5.27. The van der Waals surface area contributed by atoms with Gasteiger partial charge in [0, 0.05) is 0 Å². The molecule has 0 radical (unpaired) electrons. The maximum Gasteiger partial charge on any atom is 0.119 e. The summed E-state index contributed by atoms with van der Waals surface area (Å²) in [5, 5.41) is 10.2. The van der Waals surface area contributed by atoms with E-state index in [0.29, 0.717) is 46.2 Å². The minimum absolute atomic E-state index is 0.115. The summed E-state index contributed by atoms with van der Waals surface area (Å²) in [4.78, 5) is 0. The van der Waals surface area contributed by atoms with Gasteiger partial charge in [0.25, 0.3) is 0 Å². The Labute approximate surface area is 221 Å². The summed E-state index contributed by atoms with van der Waals surface area (Å²) in [6, 6.07) is 8.45. The summed E-state index contributed by atoms with van der Waals surface area (Å²) < 4.78 is 28.4. The van der Waals surface area contributed by atoms with Crippen LogP contribution in [0.4, 0.5) is 0 Å². The van der Waals surface area contributed by atoms with Gasteiger partial charge >= 0.3 is 0 Å². The second-order valence-electron chi connectivity index (χ2n) is 10.7. The van der Waals surface area contributed by atoms with E-state index in [2.05, 4.69) is 31.2 Å². The van der Waals surface area contributed by atoms with Crippen molar-refractivity contribution in [3.63, 3.8) is 0 Å². The molecule has 0 fully saturated rings. The predicted molar refractivity (Wildman–Crippen MR) is 147 cm³/mol. The van der Waals surface area contributed by atoms with Gasteiger partial charge in [-0.15, -0.1) is 0 Å². The second kappa shape index (κ2) is 19.0. The first-order valence-corrected chi connectivity index (χ1v) is 14.0. The van der Waals surface area contributed by atoms with Crippen LogP contribution in [-0.2, 0) is 25.4 Å². The molecule has 1 rings (SSSR count). The van der Waals surface area contributed by atoms with E-state index >= 15 is 0 Å². The van der Waals surface area contributed by atoms with E-state index in [4.69, 9.17) is 23.7 Å². The van der Waals surface area contributed by atoms with Crippen LogP contribution in [0.5, 0.6) is 5.75 Å². The van der Waals surface area contributed by atoms with E-state index in [0.717, 1.165) is 12.2 Å². The van der Waals surface area contributed by atoms with Gasteiger partial charge in [0.15, 0.2) is 0 Å². The van der Waals surface area contributed by atoms with Gasteiger partial charge in [-0.25, -0.2) is 0 Å². The molecule has 1 aromatic rings. The molecule has 0 saturated carbocycles. The maximum absolute atomic E-state index is 10.2. The quantitative estimate of drug-likeness (QED) is 0.173. The van der Waals surface area contributed by atoms with E-state index in [1.165, 1.54) is 50.5 Å². The van der Waals surface area contributed by atoms with Gasteiger partial charge in [-0.2, -0.15) is 0 Å². The topological polar surface area (TPSA) is 66.4 Å². The summed E-state index contributed by atoms with van der Waals surface area (Å²) in [6.07, 6.45) is 10.4. The molecule has 1 unspecified atom stereocenters. The molecule has 0 amide bonds. The average molecular weight is 511 g/mol. The molecule has 0 heterocycles. The summed E-state index contributed by atoms with van der Waals surface area (Å²) >= 11 is 0. The van der Waals surface area contributed by atoms with Crippen molar-refractivity contribution >= 4 is 0 Å². The lowest BCUT2D eigenvalue weighted by molar-refractivity contribution is -0.181. The van der Waals surface area contributed by atoms with Gasteiger partial charge in [0.2, 0.25) is 0 Å². The van der Waals surface area contributed by atoms with Crippen LogP contribution in [0.1, 0.15) is 92.1 Å². The molecule has 36 heavy (non-hydrogen) atoms. The van der Waals surface area contributed by atoms with Crippen molar-refractivity contribution in [2.45, 2.75) is 110 Å². The van der Waals surface area contributed by atoms with Crippen LogP contribution >= 0.6 is 0 Å². The number of hydrogen-bond acceptors (Lipinski definition) is 6. The van der Waals surface area contributed by atoms with Crippen LogP contribution in [0.15, 0.2) is 24.3 Å². The van der Waals surface area contributed by atoms with Crippen LogP contribution in [-0.4, -0.2) is 68.7 Å². The van der Waals surface area contributed by atoms with E-state index in [1.54, 1.807) is 13.8 Å². The van der Waals surface area contributed by atoms with Crippen molar-refractivity contribution in [2.75, 3.05) is 46.2 Å². The Bertz CT molecular complexity index is 638. The lowest BCUT2D eigenvalue weighted by atomic mass is 9.89. The van der Waals surface area contributed by atoms with E-state index in [-0.39, 0.29) is 6.10 Å². The summed E-state index contributed by atoms with van der Waals surface area (Å²) in [5.74, 6) is 0.888. The number of unbranched alkanes of at least 4 members (excludes halogenated alkanes) is 6. The Kier molecular flexibility index (Phi) is 17.3. The summed E-state index contributed by atoms with van der Waals surface area (Å²) in [5.41, 5.74) is -0.190. The first kappa shape index (κ1) is 32.8. The molecular formula is C30H54O6. The molecule has 210 valence electrons. The molecule has 1 N–H and O–H groups in total. The monoisotopic (exact) mass is 510 g/mol. The van der Waals surface area contributed by atoms with Gasteiger partial charge in [-0.1, -0.05) is 57.6 Å². The Morgan fingerprint density at radius 3 is 1.83 bits per heavy atom. The van der Waals surface area contributed by atoms with E-state index < -0.39 is 11.2 Å². The zero-order valence-corrected chi connectivity index (χ0v) is 24.0. The molecule has 0 bridgehead atoms. The van der Waals surface area contributed by atoms with Crippen molar-refractivity contribution in [1.29, 1.82) is 0 Å². The standard InChI is InChI=1S/C30H54O6/c1-7-8-9-10-11-12-13-14-27-15-17-28(18-16-27)35-24-23-33-20-19-32-21-22-34-25-26(2)36-30(5,6)29(3,4)31/h15-18,26,31H,7-14,19-25H2,1-6H3. The maximum atomic E-state index is 10.2. The smallest absolute Gasteiger partial charge is 0.119 e. The van der Waals surface area contributed by atoms with Crippen LogP contribution in [0.2, 0.25) is 0 Å². The Balaban J connectivity index is 1.95. The van der Waals surface area contributed by atoms with Crippen molar-refractivity contribution in [3.05, 3.63) is 29.8 Å². The van der Waals surface area contributed by atoms with Crippen LogP contribution in [0, 0.1) is 0 Å². The molecule has 0 aliphatic rings. The summed E-state index contributed by atoms with van der Waals surface area (Å²) in [6.45, 7) is 15.0. The molecule has 1 atom stereocenters. The minimum atomic E-state index is -0.924. The molecule has 1 aromatic carbocycles. The van der Waals surface area contributed by atoms with Crippen molar-refractivity contribution in [2.24, 2.45) is 0 Å². The first-order chi connectivity index (χ1) is 17.2. The van der Waals surface area contributed by atoms with Gasteiger partial charge in [0.1, 0.15) is 12.4 Å². The number of hydrogen-bond donors (Lipinski definition) is 1. The normalized spacial score (nSPS) is 13.2. The fourth-order valence-electron chi connectivity index (χ4n) is 3.63. The highest BCUT2D eigenvalue weighted by Crippen LogP contribution is 2.26. The lowest BCUT2D eigenvalue weighted by Gasteiger charge is -2.39. The van der Waals surface area contributed by atoms with Crippen molar-refractivity contribution in [1.82, 2.24) is 0 Å². The number of aryl methyl sites for hydroxylation is 1. The lowest BCUT2D eigenvalue weighted by Crippen LogP contribution is -2.49. The molecular weight excluding hydrogens is 456 g/mol. The molecule has 0 saturated heterocycles. The van der Waals surface area contributed by atoms with Crippen LogP contribution in [0.25, 0.3) is 0 Å². The third kappa shape index (κ3) is 15.8. The third-order valence-electron chi connectivity index (χ3n) is 6.55. The number of aliphatic hydroxyl groups is 1. The number of rotatable bonds is 23. The Morgan fingerprint density at radius 1 is 0.722 bits per heavy atom. The SMILES string of the molecule is CCCCCCCCCc1ccc(OCCOCCOCCOCC(C)OC(C)(C)C(C)(C)O)cc1. The van der Waals surface area contributed by atoms with E-state index in [1.807, 2.05) is 20.8 Å². The third-order valence-corrected chi connectivity index (χ3v) is 6.55. The van der Waals surface area contributed by atoms with Crippen LogP contribution in [0.3, 0.4) is 0 Å². The second-order valence-corrected chi connectivity index (χ2v) is 10.7. The highest BCUT2D eigenvalue weighted by Gasteiger charge is 2.37. The highest BCUT2D eigenvalue weighted by atomic mass is 16.6. The Hall–Kier alpha value is -1.18.